The SMILES string of the molecule is c1ccc(N(c2ccc(-c3ccc4c(c3)oc3ccccc34)cc2)c2ccc(-n3c4ccccc4c4ccccc43)cc2)c(-c2cccc3c2oc2c4ccccc4ccc32)c1. The Kier molecular flexibility index (Phi) is 7.57. The van der Waals surface area contributed by atoms with Gasteiger partial charge in [-0.05, 0) is 95.4 Å². The van der Waals surface area contributed by atoms with Gasteiger partial charge in [0.05, 0.1) is 16.7 Å². The number of hydrogen-bond acceptors (Lipinski definition) is 3. The van der Waals surface area contributed by atoms with Crippen LogP contribution in [0.15, 0.2) is 227 Å². The molecule has 0 aliphatic carbocycles. The van der Waals surface area contributed by atoms with E-state index in [2.05, 4.69) is 216 Å². The number of rotatable bonds is 6. The predicted octanol–water partition coefficient (Wildman–Crippen LogP) is 16.5. The van der Waals surface area contributed by atoms with E-state index in [1.54, 1.807) is 0 Å². The molecule has 0 saturated heterocycles. The van der Waals surface area contributed by atoms with Crippen molar-refractivity contribution in [1.29, 1.82) is 0 Å². The van der Waals surface area contributed by atoms with Crippen molar-refractivity contribution in [1.82, 2.24) is 4.57 Å². The average molecular weight is 793 g/mol. The summed E-state index contributed by atoms with van der Waals surface area (Å²) in [7, 11) is 0. The van der Waals surface area contributed by atoms with Crippen molar-refractivity contribution < 1.29 is 8.83 Å². The van der Waals surface area contributed by atoms with E-state index in [9.17, 15) is 0 Å². The minimum Gasteiger partial charge on any atom is -0.456 e. The molecule has 13 rings (SSSR count). The second-order valence-electron chi connectivity index (χ2n) is 16.0. The Morgan fingerprint density at radius 2 is 0.903 bits per heavy atom. The first kappa shape index (κ1) is 34.5. The fourth-order valence-corrected chi connectivity index (χ4v) is 9.72. The van der Waals surface area contributed by atoms with Crippen LogP contribution in [-0.2, 0) is 0 Å². The molecule has 0 bridgehead atoms. The third-order valence-corrected chi connectivity index (χ3v) is 12.6. The highest BCUT2D eigenvalue weighted by Gasteiger charge is 2.22. The lowest BCUT2D eigenvalue weighted by Crippen LogP contribution is -2.11. The molecule has 10 aromatic carbocycles. The minimum absolute atomic E-state index is 0.879. The summed E-state index contributed by atoms with van der Waals surface area (Å²) in [5.74, 6) is 0. The van der Waals surface area contributed by atoms with Gasteiger partial charge in [-0.1, -0.05) is 140 Å². The zero-order chi connectivity index (χ0) is 40.7. The van der Waals surface area contributed by atoms with Crippen molar-refractivity contribution in [2.45, 2.75) is 0 Å². The highest BCUT2D eigenvalue weighted by molar-refractivity contribution is 6.18. The van der Waals surface area contributed by atoms with Crippen molar-refractivity contribution in [3.05, 3.63) is 218 Å². The Morgan fingerprint density at radius 3 is 1.69 bits per heavy atom. The molecule has 0 atom stereocenters. The van der Waals surface area contributed by atoms with Gasteiger partial charge in [0, 0.05) is 65.9 Å². The molecule has 3 heterocycles. The van der Waals surface area contributed by atoms with E-state index in [0.29, 0.717) is 0 Å². The maximum atomic E-state index is 6.91. The summed E-state index contributed by atoms with van der Waals surface area (Å²) in [5, 5.41) is 9.25. The van der Waals surface area contributed by atoms with Gasteiger partial charge < -0.3 is 18.3 Å². The number of fused-ring (bicyclic) bond motifs is 11. The Balaban J connectivity index is 0.977. The summed E-state index contributed by atoms with van der Waals surface area (Å²) >= 11 is 0. The molecule has 4 nitrogen and oxygen atoms in total. The molecule has 0 amide bonds. The number of benzene rings is 10. The highest BCUT2D eigenvalue weighted by atomic mass is 16.3. The normalized spacial score (nSPS) is 11.9. The molecule has 0 aliphatic heterocycles. The smallest absolute Gasteiger partial charge is 0.143 e. The zero-order valence-electron chi connectivity index (χ0n) is 33.5. The average Bonchev–Trinajstić information content (AvgIpc) is 4.02. The number of nitrogens with zero attached hydrogens (tertiary/aromatic N) is 2. The van der Waals surface area contributed by atoms with E-state index in [0.717, 1.165) is 99.7 Å². The van der Waals surface area contributed by atoms with Gasteiger partial charge in [-0.25, -0.2) is 0 Å². The van der Waals surface area contributed by atoms with Crippen LogP contribution in [0.5, 0.6) is 0 Å². The van der Waals surface area contributed by atoms with Gasteiger partial charge in [0.1, 0.15) is 22.3 Å². The number of aromatic nitrogens is 1. The summed E-state index contributed by atoms with van der Waals surface area (Å²) in [6.07, 6.45) is 0. The summed E-state index contributed by atoms with van der Waals surface area (Å²) < 4.78 is 15.6. The van der Waals surface area contributed by atoms with Gasteiger partial charge in [-0.2, -0.15) is 0 Å². The molecule has 62 heavy (non-hydrogen) atoms. The molecule has 3 aromatic heterocycles. The molecule has 4 heteroatoms. The molecule has 13 aromatic rings. The monoisotopic (exact) mass is 792 g/mol. The Labute approximate surface area is 356 Å². The lowest BCUT2D eigenvalue weighted by molar-refractivity contribution is 0.669. The molecular weight excluding hydrogens is 757 g/mol. The molecule has 0 saturated carbocycles. The zero-order valence-corrected chi connectivity index (χ0v) is 33.5. The van der Waals surface area contributed by atoms with Gasteiger partial charge in [0.15, 0.2) is 0 Å². The van der Waals surface area contributed by atoms with Crippen LogP contribution in [0.3, 0.4) is 0 Å². The van der Waals surface area contributed by atoms with E-state index in [1.165, 1.54) is 21.8 Å². The molecule has 0 radical (unpaired) electrons. The fourth-order valence-electron chi connectivity index (χ4n) is 9.72. The molecule has 0 spiro atoms. The lowest BCUT2D eigenvalue weighted by Gasteiger charge is -2.28. The van der Waals surface area contributed by atoms with Gasteiger partial charge in [0.2, 0.25) is 0 Å². The third-order valence-electron chi connectivity index (χ3n) is 12.6. The largest absolute Gasteiger partial charge is 0.456 e. The quantitative estimate of drug-likeness (QED) is 0.168. The van der Waals surface area contributed by atoms with Crippen molar-refractivity contribution in [3.63, 3.8) is 0 Å². The Morgan fingerprint density at radius 1 is 0.339 bits per heavy atom. The van der Waals surface area contributed by atoms with Crippen LogP contribution >= 0.6 is 0 Å². The summed E-state index contributed by atoms with van der Waals surface area (Å²) in [5.41, 5.74) is 14.5. The van der Waals surface area contributed by atoms with Crippen molar-refractivity contribution in [2.75, 3.05) is 4.90 Å². The molecule has 290 valence electrons. The minimum atomic E-state index is 0.879. The van der Waals surface area contributed by atoms with Crippen molar-refractivity contribution >= 4 is 93.5 Å². The van der Waals surface area contributed by atoms with Crippen LogP contribution < -0.4 is 4.90 Å². The van der Waals surface area contributed by atoms with Gasteiger partial charge in [-0.3, -0.25) is 0 Å². The third kappa shape index (κ3) is 5.27. The van der Waals surface area contributed by atoms with Gasteiger partial charge in [0.25, 0.3) is 0 Å². The first-order valence-electron chi connectivity index (χ1n) is 21.1. The van der Waals surface area contributed by atoms with E-state index in [4.69, 9.17) is 8.83 Å². The van der Waals surface area contributed by atoms with Gasteiger partial charge >= 0.3 is 0 Å². The number of para-hydroxylation sites is 5. The lowest BCUT2D eigenvalue weighted by atomic mass is 9.98. The van der Waals surface area contributed by atoms with Crippen LogP contribution in [0.4, 0.5) is 17.1 Å². The second-order valence-corrected chi connectivity index (χ2v) is 16.0. The molecule has 0 aliphatic rings. The van der Waals surface area contributed by atoms with Crippen LogP contribution in [0.1, 0.15) is 0 Å². The standard InChI is InChI=1S/C58H36N2O2/c1-2-13-43-38(12-1)26-35-51-50-19-11-18-49(58(50)62-57(43)51)46-16-5-7-20-52(46)59(40-28-24-37(25-29-40)39-27-34-48-47-17-6-10-23-55(47)61-56(48)36-39)41-30-32-42(33-31-41)60-53-21-8-3-14-44(53)45-15-4-9-22-54(45)60/h1-36H. The van der Waals surface area contributed by atoms with E-state index in [1.807, 2.05) is 12.1 Å². The second kappa shape index (κ2) is 13.6. The van der Waals surface area contributed by atoms with Crippen LogP contribution in [0.25, 0.3) is 104 Å². The Hall–Kier alpha value is -8.34. The van der Waals surface area contributed by atoms with Crippen LogP contribution in [0, 0.1) is 0 Å². The van der Waals surface area contributed by atoms with Crippen molar-refractivity contribution in [3.8, 4) is 27.9 Å². The molecule has 0 fully saturated rings. The molecule has 0 unspecified atom stereocenters. The summed E-state index contributed by atoms with van der Waals surface area (Å²) in [4.78, 5) is 2.37. The van der Waals surface area contributed by atoms with Crippen LogP contribution in [-0.4, -0.2) is 4.57 Å². The van der Waals surface area contributed by atoms with E-state index >= 15 is 0 Å². The van der Waals surface area contributed by atoms with Crippen LogP contribution in [0.2, 0.25) is 0 Å². The number of furan rings is 2. The van der Waals surface area contributed by atoms with Crippen molar-refractivity contribution in [2.24, 2.45) is 0 Å². The topological polar surface area (TPSA) is 34.5 Å². The number of anilines is 3. The Bertz CT molecular complexity index is 3810. The van der Waals surface area contributed by atoms with E-state index < -0.39 is 0 Å². The first-order chi connectivity index (χ1) is 30.7. The van der Waals surface area contributed by atoms with Gasteiger partial charge in [-0.15, -0.1) is 0 Å². The maximum Gasteiger partial charge on any atom is 0.143 e. The van der Waals surface area contributed by atoms with E-state index in [-0.39, 0.29) is 0 Å². The molecule has 0 N–H and O–H groups in total. The number of hydrogen-bond donors (Lipinski definition) is 0. The summed E-state index contributed by atoms with van der Waals surface area (Å²) in [6, 6.07) is 77.9. The first-order valence-corrected chi connectivity index (χ1v) is 21.1. The fraction of sp³-hybridized carbons (Fsp3) is 0. The summed E-state index contributed by atoms with van der Waals surface area (Å²) in [6.45, 7) is 0. The highest BCUT2D eigenvalue weighted by Crippen LogP contribution is 2.46. The molecular formula is C58H36N2O2. The maximum absolute atomic E-state index is 6.91. The predicted molar refractivity (Wildman–Crippen MR) is 258 cm³/mol.